The van der Waals surface area contributed by atoms with Crippen molar-refractivity contribution in [2.45, 2.75) is 46.1 Å². The summed E-state index contributed by atoms with van der Waals surface area (Å²) in [7, 11) is 0. The van der Waals surface area contributed by atoms with Crippen LogP contribution in [-0.4, -0.2) is 46.9 Å². The number of hydrogen-bond acceptors (Lipinski definition) is 7. The van der Waals surface area contributed by atoms with Gasteiger partial charge in [-0.05, 0) is 74.1 Å². The molecule has 1 aliphatic carbocycles. The van der Waals surface area contributed by atoms with E-state index in [4.69, 9.17) is 4.74 Å². The third-order valence-electron chi connectivity index (χ3n) is 8.03. The first kappa shape index (κ1) is 30.8. The number of allylic oxidation sites excluding steroid dienone is 1. The fraction of sp³-hybridized carbons (Fsp3) is 0.286. The fourth-order valence-electron chi connectivity index (χ4n) is 5.69. The van der Waals surface area contributed by atoms with E-state index < -0.39 is 0 Å². The average Bonchev–Trinajstić information content (AvgIpc) is 3.64. The number of nitrogens with one attached hydrogen (secondary N) is 2. The van der Waals surface area contributed by atoms with Crippen molar-refractivity contribution < 1.29 is 19.1 Å². The van der Waals surface area contributed by atoms with Crippen LogP contribution in [0.5, 0.6) is 11.5 Å². The lowest BCUT2D eigenvalue weighted by Gasteiger charge is -2.29. The largest absolute Gasteiger partial charge is 0.457 e. The number of thiophene rings is 1. The molecule has 1 unspecified atom stereocenters. The lowest BCUT2D eigenvalue weighted by molar-refractivity contribution is -0.125. The van der Waals surface area contributed by atoms with Gasteiger partial charge in [0, 0.05) is 25.3 Å². The van der Waals surface area contributed by atoms with E-state index in [2.05, 4.69) is 15.6 Å². The van der Waals surface area contributed by atoms with Crippen molar-refractivity contribution in [3.63, 3.8) is 0 Å². The van der Waals surface area contributed by atoms with Crippen molar-refractivity contribution in [2.75, 3.05) is 23.3 Å². The van der Waals surface area contributed by atoms with E-state index in [0.29, 0.717) is 69.1 Å². The molecule has 2 aromatic heterocycles. The number of likely N-dealkylation sites (tertiary alicyclic amines) is 1. The van der Waals surface area contributed by atoms with E-state index in [1.54, 1.807) is 28.1 Å². The van der Waals surface area contributed by atoms with E-state index in [1.807, 2.05) is 75.4 Å². The van der Waals surface area contributed by atoms with Gasteiger partial charge < -0.3 is 20.3 Å². The van der Waals surface area contributed by atoms with Gasteiger partial charge in [0.15, 0.2) is 0 Å². The Morgan fingerprint density at radius 3 is 2.59 bits per heavy atom. The Kier molecular flexibility index (Phi) is 8.72. The lowest BCUT2D eigenvalue weighted by Crippen LogP contribution is -2.39. The van der Waals surface area contributed by atoms with Crippen molar-refractivity contribution in [1.82, 2.24) is 15.2 Å². The minimum Gasteiger partial charge on any atom is -0.457 e. The zero-order chi connectivity index (χ0) is 32.4. The highest BCUT2D eigenvalue weighted by atomic mass is 32.1. The minimum atomic E-state index is -0.388. The molecule has 2 N–H and O–H groups in total. The Bertz CT molecular complexity index is 1890. The van der Waals surface area contributed by atoms with Gasteiger partial charge in [0.05, 0.1) is 22.4 Å². The SMILES string of the molecule is CC.Cc1cc(Oc2ccccc2)ccc1N1C(=O)Nc2c(C(=O)NC3CCN(C(=O)/C(C#N)=C/C4CC4)C3)sc3nccc1c23. The van der Waals surface area contributed by atoms with Crippen LogP contribution in [0.15, 0.2) is 72.4 Å². The molecule has 1 saturated heterocycles. The zero-order valence-corrected chi connectivity index (χ0v) is 26.7. The van der Waals surface area contributed by atoms with Crippen molar-refractivity contribution in [2.24, 2.45) is 5.92 Å². The van der Waals surface area contributed by atoms with Crippen LogP contribution in [0, 0.1) is 24.2 Å². The summed E-state index contributed by atoms with van der Waals surface area (Å²) in [6.45, 7) is 6.69. The normalized spacial score (nSPS) is 17.1. The number of carbonyl (C=O) groups excluding carboxylic acids is 3. The number of nitriles is 1. The first-order valence-corrected chi connectivity index (χ1v) is 16.3. The number of urea groups is 1. The Balaban J connectivity index is 0.00000182. The monoisotopic (exact) mass is 634 g/mol. The molecule has 4 aromatic rings. The van der Waals surface area contributed by atoms with Crippen molar-refractivity contribution >= 4 is 56.5 Å². The van der Waals surface area contributed by atoms with E-state index in [-0.39, 0.29) is 29.5 Å². The first-order chi connectivity index (χ1) is 22.4. The second kappa shape index (κ2) is 13.0. The summed E-state index contributed by atoms with van der Waals surface area (Å²) in [6.07, 6.45) is 5.99. The molecular formula is C35H34N6O4S. The highest BCUT2D eigenvalue weighted by molar-refractivity contribution is 7.21. The second-order valence-electron chi connectivity index (χ2n) is 11.2. The van der Waals surface area contributed by atoms with Gasteiger partial charge >= 0.3 is 6.03 Å². The number of aromatic nitrogens is 1. The summed E-state index contributed by atoms with van der Waals surface area (Å²) in [5, 5.41) is 16.1. The maximum Gasteiger partial charge on any atom is 0.331 e. The molecule has 2 aromatic carbocycles. The van der Waals surface area contributed by atoms with Gasteiger partial charge in [0.1, 0.15) is 32.8 Å². The number of pyridine rings is 1. The third-order valence-corrected chi connectivity index (χ3v) is 9.12. The molecule has 10 nitrogen and oxygen atoms in total. The van der Waals surface area contributed by atoms with Crippen LogP contribution in [0.1, 0.15) is 48.3 Å². The Labute approximate surface area is 271 Å². The van der Waals surface area contributed by atoms with E-state index in [1.165, 1.54) is 11.3 Å². The van der Waals surface area contributed by atoms with Gasteiger partial charge in [-0.3, -0.25) is 14.5 Å². The summed E-state index contributed by atoms with van der Waals surface area (Å²) in [6, 6.07) is 18.2. The van der Waals surface area contributed by atoms with Gasteiger partial charge in [-0.15, -0.1) is 11.3 Å². The van der Waals surface area contributed by atoms with Crippen molar-refractivity contribution in [3.8, 4) is 17.6 Å². The van der Waals surface area contributed by atoms with E-state index >= 15 is 0 Å². The maximum atomic E-state index is 13.6. The summed E-state index contributed by atoms with van der Waals surface area (Å²) < 4.78 is 5.97. The molecule has 46 heavy (non-hydrogen) atoms. The Hall–Kier alpha value is -5.21. The van der Waals surface area contributed by atoms with Gasteiger partial charge in [-0.2, -0.15) is 5.26 Å². The van der Waals surface area contributed by atoms with Gasteiger partial charge in [-0.25, -0.2) is 9.78 Å². The van der Waals surface area contributed by atoms with Gasteiger partial charge in [-0.1, -0.05) is 38.1 Å². The molecule has 3 aliphatic rings. The molecule has 1 saturated carbocycles. The highest BCUT2D eigenvalue weighted by Gasteiger charge is 2.35. The molecule has 0 spiro atoms. The average molecular weight is 635 g/mol. The Morgan fingerprint density at radius 2 is 1.87 bits per heavy atom. The number of benzene rings is 2. The molecule has 234 valence electrons. The van der Waals surface area contributed by atoms with Gasteiger partial charge in [0.2, 0.25) is 0 Å². The molecule has 4 heterocycles. The standard InChI is InChI=1S/C33H28N6O4S.C2H6/c1-19-15-24(43-23-5-3-2-4-6-23)9-10-25(19)39-26-11-13-35-31-27(26)28(37-33(39)42)29(44-31)30(40)36-22-12-14-38(18-22)32(41)21(17-34)16-20-7-8-20;1-2/h2-6,9-11,13,15-16,20,22H,7-8,12,14,18H2,1H3,(H,36,40)(H,37,42);1-2H3/b21-16+;. The zero-order valence-electron chi connectivity index (χ0n) is 25.9. The highest BCUT2D eigenvalue weighted by Crippen LogP contribution is 2.46. The van der Waals surface area contributed by atoms with Crippen LogP contribution >= 0.6 is 11.3 Å². The molecular weight excluding hydrogens is 600 g/mol. The van der Waals surface area contributed by atoms with Crippen LogP contribution in [-0.2, 0) is 4.79 Å². The maximum absolute atomic E-state index is 13.6. The topological polar surface area (TPSA) is 128 Å². The molecule has 4 amide bonds. The molecule has 2 aliphatic heterocycles. The van der Waals surface area contributed by atoms with Crippen molar-refractivity contribution in [3.05, 3.63) is 82.9 Å². The Morgan fingerprint density at radius 1 is 1.09 bits per heavy atom. The molecule has 0 bridgehead atoms. The fourth-order valence-corrected chi connectivity index (χ4v) is 6.71. The van der Waals surface area contributed by atoms with Crippen LogP contribution < -0.4 is 20.3 Å². The number of anilines is 3. The summed E-state index contributed by atoms with van der Waals surface area (Å²) in [4.78, 5) is 48.7. The molecule has 0 radical (unpaired) electrons. The number of ether oxygens (including phenoxy) is 1. The predicted molar refractivity (Wildman–Crippen MR) is 179 cm³/mol. The molecule has 2 fully saturated rings. The van der Waals surface area contributed by atoms with Crippen LogP contribution in [0.4, 0.5) is 21.9 Å². The summed E-state index contributed by atoms with van der Waals surface area (Å²) in [5.41, 5.74) is 2.75. The first-order valence-electron chi connectivity index (χ1n) is 15.5. The number of amides is 4. The molecule has 7 rings (SSSR count). The number of para-hydroxylation sites is 1. The molecule has 1 atom stereocenters. The predicted octanol–water partition coefficient (Wildman–Crippen LogP) is 7.30. The minimum absolute atomic E-state index is 0.174. The summed E-state index contributed by atoms with van der Waals surface area (Å²) in [5.74, 6) is 1.06. The number of nitrogens with zero attached hydrogens (tertiary/aromatic N) is 4. The third kappa shape index (κ3) is 6.04. The smallest absolute Gasteiger partial charge is 0.331 e. The number of hydrogen-bond donors (Lipinski definition) is 2. The number of aryl methyl sites for hydroxylation is 1. The van der Waals surface area contributed by atoms with Crippen molar-refractivity contribution in [1.29, 1.82) is 5.26 Å². The molecule has 11 heteroatoms. The number of carbonyl (C=O) groups is 3. The lowest BCUT2D eigenvalue weighted by atomic mass is 10.1. The van der Waals surface area contributed by atoms with Crippen LogP contribution in [0.2, 0.25) is 0 Å². The second-order valence-corrected chi connectivity index (χ2v) is 12.2. The van der Waals surface area contributed by atoms with Crippen LogP contribution in [0.3, 0.4) is 0 Å². The van der Waals surface area contributed by atoms with Gasteiger partial charge in [0.25, 0.3) is 11.8 Å². The van der Waals surface area contributed by atoms with Crippen LogP contribution in [0.25, 0.3) is 10.2 Å². The van der Waals surface area contributed by atoms with E-state index in [0.717, 1.165) is 18.4 Å². The summed E-state index contributed by atoms with van der Waals surface area (Å²) >= 11 is 1.21. The van der Waals surface area contributed by atoms with E-state index in [9.17, 15) is 19.6 Å². The quantitative estimate of drug-likeness (QED) is 0.162. The number of rotatable bonds is 7.